The van der Waals surface area contributed by atoms with Gasteiger partial charge in [-0.05, 0) is 49.7 Å². The number of hydrogen-bond donors (Lipinski definition) is 1. The van der Waals surface area contributed by atoms with Gasteiger partial charge in [0.15, 0.2) is 0 Å². The van der Waals surface area contributed by atoms with Crippen LogP contribution in [0.25, 0.3) is 16.9 Å². The predicted molar refractivity (Wildman–Crippen MR) is 161 cm³/mol. The minimum Gasteiger partial charge on any atom is -0.497 e. The molecule has 0 saturated heterocycles. The molecular formula is C34H32N4O3. The molecule has 0 radical (unpaired) electrons. The van der Waals surface area contributed by atoms with Crippen LogP contribution in [0.15, 0.2) is 109 Å². The fourth-order valence-electron chi connectivity index (χ4n) is 4.51. The molecule has 1 N–H and O–H groups in total. The van der Waals surface area contributed by atoms with E-state index >= 15 is 0 Å². The van der Waals surface area contributed by atoms with Gasteiger partial charge in [-0.1, -0.05) is 83.9 Å². The third-order valence-electron chi connectivity index (χ3n) is 6.77. The second kappa shape index (κ2) is 12.3. The first-order valence-electron chi connectivity index (χ1n) is 13.4. The predicted octanol–water partition coefficient (Wildman–Crippen LogP) is 6.45. The topological polar surface area (TPSA) is 76.5 Å². The highest BCUT2D eigenvalue weighted by Crippen LogP contribution is 2.25. The third-order valence-corrected chi connectivity index (χ3v) is 6.77. The number of imidazole rings is 1. The van der Waals surface area contributed by atoms with Crippen molar-refractivity contribution in [3.05, 3.63) is 132 Å². The van der Waals surface area contributed by atoms with Gasteiger partial charge in [0.2, 0.25) is 11.9 Å². The van der Waals surface area contributed by atoms with Gasteiger partial charge in [0.05, 0.1) is 12.8 Å². The van der Waals surface area contributed by atoms with E-state index in [1.165, 1.54) is 4.90 Å². The molecule has 7 nitrogen and oxygen atoms in total. The summed E-state index contributed by atoms with van der Waals surface area (Å²) in [6.07, 6.45) is 1.91. The van der Waals surface area contributed by atoms with Crippen molar-refractivity contribution in [3.8, 4) is 22.7 Å². The van der Waals surface area contributed by atoms with Crippen molar-refractivity contribution < 1.29 is 14.3 Å². The summed E-state index contributed by atoms with van der Waals surface area (Å²) in [6, 6.07) is 32.6. The monoisotopic (exact) mass is 544 g/mol. The molecule has 0 aliphatic carbocycles. The molecule has 4 aromatic carbocycles. The number of rotatable bonds is 9. The van der Waals surface area contributed by atoms with Gasteiger partial charge < -0.3 is 9.64 Å². The van der Waals surface area contributed by atoms with Gasteiger partial charge in [0.1, 0.15) is 12.3 Å². The van der Waals surface area contributed by atoms with Crippen LogP contribution in [0, 0.1) is 13.8 Å². The first kappa shape index (κ1) is 27.4. The Morgan fingerprint density at radius 1 is 0.854 bits per heavy atom. The van der Waals surface area contributed by atoms with E-state index < -0.39 is 0 Å². The molecule has 0 unspecified atom stereocenters. The number of anilines is 1. The molecule has 41 heavy (non-hydrogen) atoms. The summed E-state index contributed by atoms with van der Waals surface area (Å²) in [5.74, 6) is 0.323. The van der Waals surface area contributed by atoms with Gasteiger partial charge >= 0.3 is 0 Å². The highest BCUT2D eigenvalue weighted by atomic mass is 16.5. The summed E-state index contributed by atoms with van der Waals surface area (Å²) in [5.41, 5.74) is 6.18. The first-order chi connectivity index (χ1) is 19.9. The van der Waals surface area contributed by atoms with Crippen molar-refractivity contribution in [2.24, 2.45) is 0 Å². The Kier molecular flexibility index (Phi) is 8.25. The lowest BCUT2D eigenvalue weighted by atomic mass is 10.1. The van der Waals surface area contributed by atoms with Crippen molar-refractivity contribution in [2.45, 2.75) is 20.4 Å². The number of carbonyl (C=O) groups excluding carboxylic acids is 2. The van der Waals surface area contributed by atoms with Crippen molar-refractivity contribution >= 4 is 17.8 Å². The minimum absolute atomic E-state index is 0.161. The van der Waals surface area contributed by atoms with E-state index in [4.69, 9.17) is 9.72 Å². The van der Waals surface area contributed by atoms with Crippen LogP contribution in [0.5, 0.6) is 5.75 Å². The lowest BCUT2D eigenvalue weighted by Crippen LogP contribution is -2.38. The Labute approximate surface area is 240 Å². The maximum absolute atomic E-state index is 13.6. The van der Waals surface area contributed by atoms with Crippen LogP contribution in [0.1, 0.15) is 27.0 Å². The summed E-state index contributed by atoms with van der Waals surface area (Å²) < 4.78 is 7.17. The molecule has 0 saturated carbocycles. The van der Waals surface area contributed by atoms with Crippen LogP contribution >= 0.6 is 0 Å². The largest absolute Gasteiger partial charge is 0.497 e. The van der Waals surface area contributed by atoms with E-state index in [-0.39, 0.29) is 24.9 Å². The average molecular weight is 545 g/mol. The average Bonchev–Trinajstić information content (AvgIpc) is 3.41. The Balaban J connectivity index is 1.44. The normalized spacial score (nSPS) is 10.7. The Hall–Kier alpha value is -5.17. The van der Waals surface area contributed by atoms with Crippen LogP contribution in [0.3, 0.4) is 0 Å². The van der Waals surface area contributed by atoms with Crippen molar-refractivity contribution in [2.75, 3.05) is 19.0 Å². The van der Waals surface area contributed by atoms with Gasteiger partial charge in [-0.3, -0.25) is 19.5 Å². The second-order valence-corrected chi connectivity index (χ2v) is 9.95. The number of aromatic nitrogens is 2. The molecule has 5 aromatic rings. The van der Waals surface area contributed by atoms with E-state index in [1.807, 2.05) is 103 Å². The highest BCUT2D eigenvalue weighted by molar-refractivity contribution is 5.99. The lowest BCUT2D eigenvalue weighted by molar-refractivity contribution is -0.117. The number of ether oxygens (including phenoxy) is 1. The number of nitrogens with zero attached hydrogens (tertiary/aromatic N) is 3. The highest BCUT2D eigenvalue weighted by Gasteiger charge is 2.22. The van der Waals surface area contributed by atoms with Gasteiger partial charge in [0.25, 0.3) is 5.91 Å². The van der Waals surface area contributed by atoms with E-state index in [9.17, 15) is 9.59 Å². The number of nitrogens with one attached hydrogen (secondary N) is 1. The standard InChI is InChI=1S/C34H32N4O3/c1-24-12-16-27(17-13-24)31-22-38(29-18-14-25(2)15-19-29)34(35-31)36-32(39)23-37(21-26-8-5-4-6-9-26)33(40)28-10-7-11-30(20-28)41-3/h4-20,22H,21,23H2,1-3H3,(H,35,36,39). The molecule has 0 atom stereocenters. The zero-order chi connectivity index (χ0) is 28.8. The summed E-state index contributed by atoms with van der Waals surface area (Å²) >= 11 is 0. The Morgan fingerprint density at radius 2 is 1.54 bits per heavy atom. The van der Waals surface area contributed by atoms with E-state index in [0.29, 0.717) is 17.3 Å². The van der Waals surface area contributed by atoms with Gasteiger partial charge in [-0.15, -0.1) is 0 Å². The molecule has 2 amide bonds. The lowest BCUT2D eigenvalue weighted by Gasteiger charge is -2.23. The smallest absolute Gasteiger partial charge is 0.254 e. The third kappa shape index (κ3) is 6.70. The zero-order valence-electron chi connectivity index (χ0n) is 23.4. The quantitative estimate of drug-likeness (QED) is 0.232. The fourth-order valence-corrected chi connectivity index (χ4v) is 4.51. The molecule has 1 aromatic heterocycles. The van der Waals surface area contributed by atoms with Gasteiger partial charge in [0, 0.05) is 29.6 Å². The number of benzene rings is 4. The van der Waals surface area contributed by atoms with Gasteiger partial charge in [-0.25, -0.2) is 4.98 Å². The van der Waals surface area contributed by atoms with Crippen LogP contribution < -0.4 is 10.1 Å². The van der Waals surface area contributed by atoms with Crippen LogP contribution in [-0.4, -0.2) is 39.9 Å². The van der Waals surface area contributed by atoms with E-state index in [2.05, 4.69) is 5.32 Å². The molecule has 0 spiro atoms. The van der Waals surface area contributed by atoms with Crippen molar-refractivity contribution in [1.29, 1.82) is 0 Å². The second-order valence-electron chi connectivity index (χ2n) is 9.95. The number of amides is 2. The number of carbonyl (C=O) groups is 2. The minimum atomic E-state index is -0.355. The zero-order valence-corrected chi connectivity index (χ0v) is 23.4. The SMILES string of the molecule is COc1cccc(C(=O)N(CC(=O)Nc2nc(-c3ccc(C)cc3)cn2-c2ccc(C)cc2)Cc2ccccc2)c1. The maximum Gasteiger partial charge on any atom is 0.254 e. The first-order valence-corrected chi connectivity index (χ1v) is 13.4. The summed E-state index contributed by atoms with van der Waals surface area (Å²) in [4.78, 5) is 33.4. The Morgan fingerprint density at radius 3 is 2.22 bits per heavy atom. The van der Waals surface area contributed by atoms with E-state index in [0.717, 1.165) is 33.6 Å². The van der Waals surface area contributed by atoms with Gasteiger partial charge in [-0.2, -0.15) is 0 Å². The summed E-state index contributed by atoms with van der Waals surface area (Å²) in [7, 11) is 1.56. The fraction of sp³-hybridized carbons (Fsp3) is 0.147. The number of aryl methyl sites for hydroxylation is 2. The maximum atomic E-state index is 13.6. The number of hydrogen-bond acceptors (Lipinski definition) is 4. The molecule has 0 aliphatic rings. The molecule has 0 aliphatic heterocycles. The molecule has 206 valence electrons. The molecular weight excluding hydrogens is 512 g/mol. The molecule has 7 heteroatoms. The summed E-state index contributed by atoms with van der Waals surface area (Å²) in [6.45, 7) is 4.17. The molecule has 0 fully saturated rings. The molecule has 0 bridgehead atoms. The van der Waals surface area contributed by atoms with Crippen LogP contribution in [0.2, 0.25) is 0 Å². The van der Waals surface area contributed by atoms with Crippen molar-refractivity contribution in [1.82, 2.24) is 14.5 Å². The Bertz CT molecular complexity index is 1640. The van der Waals surface area contributed by atoms with Crippen LogP contribution in [0.4, 0.5) is 5.95 Å². The van der Waals surface area contributed by atoms with Crippen LogP contribution in [-0.2, 0) is 11.3 Å². The van der Waals surface area contributed by atoms with E-state index in [1.54, 1.807) is 31.4 Å². The number of methoxy groups -OCH3 is 1. The molecule has 5 rings (SSSR count). The molecule has 1 heterocycles. The summed E-state index contributed by atoms with van der Waals surface area (Å²) in [5, 5.41) is 2.96. The van der Waals surface area contributed by atoms with Crippen molar-refractivity contribution in [3.63, 3.8) is 0 Å².